The summed E-state index contributed by atoms with van der Waals surface area (Å²) in [5.74, 6) is -0.0887. The van der Waals surface area contributed by atoms with Crippen LogP contribution in [-0.2, 0) is 20.7 Å². The maximum atomic E-state index is 12.9. The van der Waals surface area contributed by atoms with Gasteiger partial charge in [0.05, 0.1) is 13.0 Å². The van der Waals surface area contributed by atoms with Crippen molar-refractivity contribution < 1.29 is 14.3 Å². The summed E-state index contributed by atoms with van der Waals surface area (Å²) in [5.41, 5.74) is 4.49. The SMILES string of the molecule is CCOC(=O)[C@H](C)N(CC(C)C)C(=O)Cc1c(C)cc(C)cc1C. The molecule has 4 nitrogen and oxygen atoms in total. The van der Waals surface area contributed by atoms with Crippen LogP contribution in [0.4, 0.5) is 0 Å². The van der Waals surface area contributed by atoms with Crippen LogP contribution < -0.4 is 0 Å². The molecule has 0 aliphatic rings. The summed E-state index contributed by atoms with van der Waals surface area (Å²) < 4.78 is 5.10. The number of aryl methyl sites for hydroxylation is 3. The molecule has 0 saturated heterocycles. The molecule has 0 fully saturated rings. The van der Waals surface area contributed by atoms with Crippen molar-refractivity contribution >= 4 is 11.9 Å². The van der Waals surface area contributed by atoms with Gasteiger partial charge in [-0.3, -0.25) is 4.79 Å². The van der Waals surface area contributed by atoms with E-state index in [0.717, 1.165) is 16.7 Å². The van der Waals surface area contributed by atoms with Gasteiger partial charge in [-0.2, -0.15) is 0 Å². The van der Waals surface area contributed by atoms with Gasteiger partial charge in [-0.15, -0.1) is 0 Å². The lowest BCUT2D eigenvalue weighted by molar-refractivity contribution is -0.154. The molecule has 0 spiro atoms. The number of hydrogen-bond donors (Lipinski definition) is 0. The third-order valence-electron chi connectivity index (χ3n) is 4.15. The first kappa shape index (κ1) is 20.2. The molecule has 1 amide bonds. The lowest BCUT2D eigenvalue weighted by atomic mass is 9.96. The summed E-state index contributed by atoms with van der Waals surface area (Å²) in [5, 5.41) is 0. The van der Waals surface area contributed by atoms with Crippen LogP contribution in [0.25, 0.3) is 0 Å². The number of amides is 1. The van der Waals surface area contributed by atoms with E-state index >= 15 is 0 Å². The number of carbonyl (C=O) groups excluding carboxylic acids is 2. The Morgan fingerprint density at radius 2 is 1.62 bits per heavy atom. The Bertz CT molecular complexity index is 570. The number of rotatable bonds is 7. The van der Waals surface area contributed by atoms with E-state index in [4.69, 9.17) is 4.74 Å². The van der Waals surface area contributed by atoms with Crippen LogP contribution in [0.15, 0.2) is 12.1 Å². The maximum absolute atomic E-state index is 12.9. The van der Waals surface area contributed by atoms with E-state index < -0.39 is 6.04 Å². The molecule has 0 unspecified atom stereocenters. The molecule has 1 rings (SSSR count). The molecule has 4 heteroatoms. The summed E-state index contributed by atoms with van der Waals surface area (Å²) >= 11 is 0. The second kappa shape index (κ2) is 8.86. The fraction of sp³-hybridized carbons (Fsp3) is 0.600. The summed E-state index contributed by atoms with van der Waals surface area (Å²) in [6.45, 7) is 14.6. The van der Waals surface area contributed by atoms with Crippen molar-refractivity contribution in [2.75, 3.05) is 13.2 Å². The van der Waals surface area contributed by atoms with Crippen molar-refractivity contribution in [3.63, 3.8) is 0 Å². The minimum Gasteiger partial charge on any atom is -0.464 e. The first-order chi connectivity index (χ1) is 11.2. The van der Waals surface area contributed by atoms with Gasteiger partial charge < -0.3 is 9.64 Å². The smallest absolute Gasteiger partial charge is 0.328 e. The zero-order valence-corrected chi connectivity index (χ0v) is 16.1. The first-order valence-electron chi connectivity index (χ1n) is 8.70. The van der Waals surface area contributed by atoms with Gasteiger partial charge in [-0.05, 0) is 57.2 Å². The van der Waals surface area contributed by atoms with Crippen molar-refractivity contribution in [3.05, 3.63) is 34.4 Å². The number of benzene rings is 1. The van der Waals surface area contributed by atoms with Crippen molar-refractivity contribution in [1.82, 2.24) is 4.90 Å². The van der Waals surface area contributed by atoms with Crippen LogP contribution in [0.3, 0.4) is 0 Å². The Hall–Kier alpha value is -1.84. The van der Waals surface area contributed by atoms with E-state index in [1.165, 1.54) is 5.56 Å². The largest absolute Gasteiger partial charge is 0.464 e. The molecule has 1 aromatic rings. The van der Waals surface area contributed by atoms with Gasteiger partial charge >= 0.3 is 5.97 Å². The fourth-order valence-electron chi connectivity index (χ4n) is 3.00. The van der Waals surface area contributed by atoms with Crippen molar-refractivity contribution in [1.29, 1.82) is 0 Å². The average molecular weight is 333 g/mol. The molecule has 0 radical (unpaired) electrons. The molecule has 0 bridgehead atoms. The van der Waals surface area contributed by atoms with Gasteiger partial charge in [0.25, 0.3) is 0 Å². The van der Waals surface area contributed by atoms with Crippen LogP contribution in [-0.4, -0.2) is 36.0 Å². The lowest BCUT2D eigenvalue weighted by Gasteiger charge is -2.30. The maximum Gasteiger partial charge on any atom is 0.328 e. The summed E-state index contributed by atoms with van der Waals surface area (Å²) in [4.78, 5) is 26.6. The number of ether oxygens (including phenoxy) is 1. The second-order valence-electron chi connectivity index (χ2n) is 6.92. The van der Waals surface area contributed by atoms with Gasteiger partial charge in [-0.1, -0.05) is 31.5 Å². The third-order valence-corrected chi connectivity index (χ3v) is 4.15. The van der Waals surface area contributed by atoms with Gasteiger partial charge in [0.2, 0.25) is 5.91 Å². The highest BCUT2D eigenvalue weighted by Crippen LogP contribution is 2.19. The molecule has 1 atom stereocenters. The summed E-state index contributed by atoms with van der Waals surface area (Å²) in [6.07, 6.45) is 0.314. The molecule has 1 aromatic carbocycles. The highest BCUT2D eigenvalue weighted by atomic mass is 16.5. The molecule has 0 aliphatic carbocycles. The molecule has 0 heterocycles. The third kappa shape index (κ3) is 5.36. The van der Waals surface area contributed by atoms with E-state index in [2.05, 4.69) is 19.1 Å². The van der Waals surface area contributed by atoms with E-state index in [9.17, 15) is 9.59 Å². The Morgan fingerprint density at radius 3 is 2.08 bits per heavy atom. The average Bonchev–Trinajstić information content (AvgIpc) is 2.47. The Morgan fingerprint density at radius 1 is 1.08 bits per heavy atom. The zero-order valence-electron chi connectivity index (χ0n) is 16.1. The van der Waals surface area contributed by atoms with E-state index in [-0.39, 0.29) is 17.8 Å². The standard InChI is InChI=1S/C20H31NO3/c1-8-24-20(23)17(7)21(12-13(2)3)19(22)11-18-15(5)9-14(4)10-16(18)6/h9-10,13,17H,8,11-12H2,1-7H3/t17-/m0/s1. The Kier molecular flexibility index (Phi) is 7.46. The molecule has 0 aliphatic heterocycles. The first-order valence-corrected chi connectivity index (χ1v) is 8.70. The van der Waals surface area contributed by atoms with Crippen LogP contribution in [0.2, 0.25) is 0 Å². The lowest BCUT2D eigenvalue weighted by Crippen LogP contribution is -2.46. The molecular weight excluding hydrogens is 302 g/mol. The Balaban J connectivity index is 3.03. The van der Waals surface area contributed by atoms with Crippen molar-refractivity contribution in [3.8, 4) is 0 Å². The predicted octanol–water partition coefficient (Wildman–Crippen LogP) is 3.59. The number of hydrogen-bond acceptors (Lipinski definition) is 3. The highest BCUT2D eigenvalue weighted by Gasteiger charge is 2.28. The van der Waals surface area contributed by atoms with Crippen molar-refractivity contribution in [2.45, 2.75) is 60.9 Å². The molecule has 0 N–H and O–H groups in total. The topological polar surface area (TPSA) is 46.6 Å². The van der Waals surface area contributed by atoms with E-state index in [0.29, 0.717) is 19.6 Å². The summed E-state index contributed by atoms with van der Waals surface area (Å²) in [6, 6.07) is 3.62. The molecule has 0 saturated carbocycles. The molecule has 24 heavy (non-hydrogen) atoms. The number of nitrogens with zero attached hydrogens (tertiary/aromatic N) is 1. The normalized spacial score (nSPS) is 12.2. The van der Waals surface area contributed by atoms with Gasteiger partial charge in [0, 0.05) is 6.54 Å². The Labute approximate surface area is 146 Å². The van der Waals surface area contributed by atoms with Crippen LogP contribution in [0.1, 0.15) is 49.9 Å². The fourth-order valence-corrected chi connectivity index (χ4v) is 3.00. The molecule has 0 aromatic heterocycles. The van der Waals surface area contributed by atoms with E-state index in [1.54, 1.807) is 18.7 Å². The number of esters is 1. The highest BCUT2D eigenvalue weighted by molar-refractivity contribution is 5.86. The van der Waals surface area contributed by atoms with Crippen molar-refractivity contribution in [2.24, 2.45) is 5.92 Å². The minimum atomic E-state index is -0.564. The summed E-state index contributed by atoms with van der Waals surface area (Å²) in [7, 11) is 0. The molecular formula is C20H31NO3. The van der Waals surface area contributed by atoms with Gasteiger partial charge in [0.1, 0.15) is 6.04 Å². The van der Waals surface area contributed by atoms with Crippen LogP contribution >= 0.6 is 0 Å². The minimum absolute atomic E-state index is 0.0284. The van der Waals surface area contributed by atoms with Crippen LogP contribution in [0, 0.1) is 26.7 Å². The monoisotopic (exact) mass is 333 g/mol. The quantitative estimate of drug-likeness (QED) is 0.716. The molecule has 134 valence electrons. The van der Waals surface area contributed by atoms with E-state index in [1.807, 2.05) is 27.7 Å². The second-order valence-corrected chi connectivity index (χ2v) is 6.92. The zero-order chi connectivity index (χ0) is 18.4. The van der Waals surface area contributed by atoms with Gasteiger partial charge in [-0.25, -0.2) is 4.79 Å². The van der Waals surface area contributed by atoms with Gasteiger partial charge in [0.15, 0.2) is 0 Å². The predicted molar refractivity (Wildman–Crippen MR) is 97.0 cm³/mol. The van der Waals surface area contributed by atoms with Crippen LogP contribution in [0.5, 0.6) is 0 Å². The number of carbonyl (C=O) groups is 2.